The second-order valence-electron chi connectivity index (χ2n) is 6.74. The van der Waals surface area contributed by atoms with E-state index < -0.39 is 0 Å². The van der Waals surface area contributed by atoms with Crippen LogP contribution in [0.2, 0.25) is 0 Å². The Morgan fingerprint density at radius 2 is 2.04 bits per heavy atom. The van der Waals surface area contributed by atoms with Crippen LogP contribution in [0.15, 0.2) is 36.4 Å². The van der Waals surface area contributed by atoms with Crippen molar-refractivity contribution in [3.63, 3.8) is 0 Å². The molecule has 1 aromatic carbocycles. The van der Waals surface area contributed by atoms with Crippen molar-refractivity contribution < 1.29 is 9.59 Å². The third kappa shape index (κ3) is 5.84. The average molecular weight is 328 g/mol. The fraction of sp³-hybridized carbons (Fsp3) is 0.500. The first-order valence-corrected chi connectivity index (χ1v) is 8.83. The van der Waals surface area contributed by atoms with E-state index in [0.29, 0.717) is 31.8 Å². The molecule has 0 atom stereocenters. The van der Waals surface area contributed by atoms with Crippen molar-refractivity contribution in [2.75, 3.05) is 26.2 Å². The number of carbonyl (C=O) groups excluding carboxylic acids is 2. The highest BCUT2D eigenvalue weighted by Crippen LogP contribution is 2.11. The second kappa shape index (κ2) is 9.26. The van der Waals surface area contributed by atoms with Crippen LogP contribution >= 0.6 is 0 Å². The standard InChI is InChI=1S/C20H28N2O2/c1-17(2)16-22(14-6-10-18-8-4-3-5-9-18)20(24)12-15-21-13-7-11-19(21)23/h3-6,8-10,17H,7,11-16H2,1-2H3. The Hall–Kier alpha value is -2.10. The lowest BCUT2D eigenvalue weighted by Crippen LogP contribution is -2.37. The van der Waals surface area contributed by atoms with Gasteiger partial charge in [-0.25, -0.2) is 0 Å². The Morgan fingerprint density at radius 3 is 2.67 bits per heavy atom. The van der Waals surface area contributed by atoms with E-state index in [4.69, 9.17) is 0 Å². The SMILES string of the molecule is CC(C)CN(CC=Cc1ccccc1)C(=O)CCN1CCCC1=O. The van der Waals surface area contributed by atoms with Gasteiger partial charge in [0.05, 0.1) is 0 Å². The van der Waals surface area contributed by atoms with Crippen molar-refractivity contribution in [3.05, 3.63) is 42.0 Å². The first-order valence-electron chi connectivity index (χ1n) is 8.83. The molecule has 2 rings (SSSR count). The van der Waals surface area contributed by atoms with Crippen molar-refractivity contribution in [3.8, 4) is 0 Å². The fourth-order valence-electron chi connectivity index (χ4n) is 2.93. The van der Waals surface area contributed by atoms with Gasteiger partial charge in [0.15, 0.2) is 0 Å². The number of hydrogen-bond donors (Lipinski definition) is 0. The molecule has 0 aliphatic carbocycles. The fourth-order valence-corrected chi connectivity index (χ4v) is 2.93. The highest BCUT2D eigenvalue weighted by atomic mass is 16.2. The Bertz CT molecular complexity index is 566. The minimum Gasteiger partial charge on any atom is -0.342 e. The molecule has 1 aromatic rings. The van der Waals surface area contributed by atoms with Gasteiger partial charge in [0.2, 0.25) is 11.8 Å². The Labute approximate surface area is 145 Å². The van der Waals surface area contributed by atoms with Gasteiger partial charge in [-0.1, -0.05) is 56.3 Å². The quantitative estimate of drug-likeness (QED) is 0.735. The summed E-state index contributed by atoms with van der Waals surface area (Å²) in [5, 5.41) is 0. The van der Waals surface area contributed by atoms with Gasteiger partial charge in [0.25, 0.3) is 0 Å². The first kappa shape index (κ1) is 18.2. The monoisotopic (exact) mass is 328 g/mol. The topological polar surface area (TPSA) is 40.6 Å². The molecule has 1 fully saturated rings. The van der Waals surface area contributed by atoms with Crippen LogP contribution in [0, 0.1) is 5.92 Å². The van der Waals surface area contributed by atoms with Crippen LogP contribution in [-0.2, 0) is 9.59 Å². The summed E-state index contributed by atoms with van der Waals surface area (Å²) in [6.07, 6.45) is 6.05. The number of amides is 2. The van der Waals surface area contributed by atoms with Crippen LogP contribution < -0.4 is 0 Å². The molecule has 1 saturated heterocycles. The minimum absolute atomic E-state index is 0.126. The summed E-state index contributed by atoms with van der Waals surface area (Å²) in [6, 6.07) is 10.1. The Kier molecular flexibility index (Phi) is 7.04. The lowest BCUT2D eigenvalue weighted by atomic mass is 10.2. The number of hydrogen-bond acceptors (Lipinski definition) is 2. The van der Waals surface area contributed by atoms with Crippen LogP contribution in [0.4, 0.5) is 0 Å². The normalized spacial score (nSPS) is 14.8. The maximum atomic E-state index is 12.5. The molecule has 1 heterocycles. The summed E-state index contributed by atoms with van der Waals surface area (Å²) in [5.41, 5.74) is 1.14. The molecule has 0 N–H and O–H groups in total. The number of likely N-dealkylation sites (tertiary alicyclic amines) is 1. The van der Waals surface area contributed by atoms with Crippen molar-refractivity contribution >= 4 is 17.9 Å². The van der Waals surface area contributed by atoms with Crippen LogP contribution in [0.1, 0.15) is 38.7 Å². The smallest absolute Gasteiger partial charge is 0.224 e. The van der Waals surface area contributed by atoms with Gasteiger partial charge in [0.1, 0.15) is 0 Å². The van der Waals surface area contributed by atoms with Gasteiger partial charge in [-0.15, -0.1) is 0 Å². The van der Waals surface area contributed by atoms with E-state index in [-0.39, 0.29) is 11.8 Å². The van der Waals surface area contributed by atoms with Gasteiger partial charge in [-0.3, -0.25) is 9.59 Å². The van der Waals surface area contributed by atoms with Crippen LogP contribution in [0.3, 0.4) is 0 Å². The zero-order valence-electron chi connectivity index (χ0n) is 14.8. The molecule has 0 radical (unpaired) electrons. The average Bonchev–Trinajstić information content (AvgIpc) is 2.97. The number of carbonyl (C=O) groups is 2. The summed E-state index contributed by atoms with van der Waals surface area (Å²) in [5.74, 6) is 0.732. The zero-order valence-corrected chi connectivity index (χ0v) is 14.8. The van der Waals surface area contributed by atoms with Crippen LogP contribution in [0.5, 0.6) is 0 Å². The molecule has 130 valence electrons. The molecular weight excluding hydrogens is 300 g/mol. The molecule has 0 aromatic heterocycles. The number of benzene rings is 1. The van der Waals surface area contributed by atoms with Crippen molar-refractivity contribution in [2.24, 2.45) is 5.92 Å². The summed E-state index contributed by atoms with van der Waals surface area (Å²) < 4.78 is 0. The van der Waals surface area contributed by atoms with Gasteiger partial charge in [-0.2, -0.15) is 0 Å². The molecule has 1 aliphatic heterocycles. The van der Waals surface area contributed by atoms with E-state index in [2.05, 4.69) is 13.8 Å². The van der Waals surface area contributed by atoms with E-state index >= 15 is 0 Å². The summed E-state index contributed by atoms with van der Waals surface area (Å²) in [7, 11) is 0. The predicted molar refractivity (Wildman–Crippen MR) is 97.3 cm³/mol. The summed E-state index contributed by atoms with van der Waals surface area (Å²) in [4.78, 5) is 27.9. The van der Waals surface area contributed by atoms with Gasteiger partial charge in [0, 0.05) is 39.0 Å². The minimum atomic E-state index is 0.126. The second-order valence-corrected chi connectivity index (χ2v) is 6.74. The number of nitrogens with zero attached hydrogens (tertiary/aromatic N) is 2. The highest BCUT2D eigenvalue weighted by molar-refractivity contribution is 5.80. The zero-order chi connectivity index (χ0) is 17.4. The first-order chi connectivity index (χ1) is 11.6. The van der Waals surface area contributed by atoms with E-state index in [1.54, 1.807) is 0 Å². The van der Waals surface area contributed by atoms with E-state index in [1.807, 2.05) is 52.3 Å². The Balaban J connectivity index is 1.87. The highest BCUT2D eigenvalue weighted by Gasteiger charge is 2.22. The summed E-state index contributed by atoms with van der Waals surface area (Å²) in [6.45, 7) is 6.93. The molecule has 4 heteroatoms. The van der Waals surface area contributed by atoms with E-state index in [1.165, 1.54) is 0 Å². The predicted octanol–water partition coefficient (Wildman–Crippen LogP) is 3.20. The molecule has 0 bridgehead atoms. The van der Waals surface area contributed by atoms with Crippen molar-refractivity contribution in [1.29, 1.82) is 0 Å². The molecule has 0 spiro atoms. The lowest BCUT2D eigenvalue weighted by molar-refractivity contribution is -0.132. The summed E-state index contributed by atoms with van der Waals surface area (Å²) >= 11 is 0. The van der Waals surface area contributed by atoms with Crippen molar-refractivity contribution in [2.45, 2.75) is 33.1 Å². The maximum Gasteiger partial charge on any atom is 0.224 e. The molecular formula is C20H28N2O2. The van der Waals surface area contributed by atoms with E-state index in [0.717, 1.165) is 25.1 Å². The van der Waals surface area contributed by atoms with Crippen LogP contribution in [-0.4, -0.2) is 47.8 Å². The third-order valence-electron chi connectivity index (χ3n) is 4.14. The van der Waals surface area contributed by atoms with Gasteiger partial charge >= 0.3 is 0 Å². The largest absolute Gasteiger partial charge is 0.342 e. The molecule has 4 nitrogen and oxygen atoms in total. The lowest BCUT2D eigenvalue weighted by Gasteiger charge is -2.24. The third-order valence-corrected chi connectivity index (χ3v) is 4.14. The number of rotatable bonds is 8. The maximum absolute atomic E-state index is 12.5. The molecule has 0 saturated carbocycles. The molecule has 0 unspecified atom stereocenters. The van der Waals surface area contributed by atoms with E-state index in [9.17, 15) is 9.59 Å². The molecule has 1 aliphatic rings. The molecule has 24 heavy (non-hydrogen) atoms. The van der Waals surface area contributed by atoms with Crippen LogP contribution in [0.25, 0.3) is 6.08 Å². The van der Waals surface area contributed by atoms with Crippen molar-refractivity contribution in [1.82, 2.24) is 9.80 Å². The van der Waals surface area contributed by atoms with Gasteiger partial charge < -0.3 is 9.80 Å². The Morgan fingerprint density at radius 1 is 1.29 bits per heavy atom. The van der Waals surface area contributed by atoms with Gasteiger partial charge in [-0.05, 0) is 17.9 Å². The molecule has 2 amide bonds.